The third-order valence-electron chi connectivity index (χ3n) is 9.08. The molecular weight excluding hydrogens is 513 g/mol. The molecule has 1 amide bonds. The van der Waals surface area contributed by atoms with Crippen molar-refractivity contribution in [2.45, 2.75) is 70.6 Å². The van der Waals surface area contributed by atoms with Gasteiger partial charge in [0.1, 0.15) is 17.5 Å². The molecule has 3 fully saturated rings. The van der Waals surface area contributed by atoms with Gasteiger partial charge >= 0.3 is 0 Å². The minimum absolute atomic E-state index is 0.0361. The third kappa shape index (κ3) is 6.61. The van der Waals surface area contributed by atoms with Crippen molar-refractivity contribution in [2.75, 3.05) is 25.0 Å². The summed E-state index contributed by atoms with van der Waals surface area (Å²) in [7, 11) is 0. The Balaban J connectivity index is 1.24. The molecule has 0 spiro atoms. The second-order valence-corrected chi connectivity index (χ2v) is 11.9. The molecule has 1 aliphatic heterocycles. The van der Waals surface area contributed by atoms with E-state index < -0.39 is 0 Å². The number of halogens is 1. The average molecular weight is 554 g/mol. The molecule has 6 nitrogen and oxygen atoms in total. The van der Waals surface area contributed by atoms with E-state index in [-0.39, 0.29) is 17.6 Å². The molecule has 1 unspecified atom stereocenters. The summed E-state index contributed by atoms with van der Waals surface area (Å²) >= 11 is 0. The van der Waals surface area contributed by atoms with Crippen molar-refractivity contribution >= 4 is 17.4 Å². The largest absolute Gasteiger partial charge is 0.374 e. The normalized spacial score (nSPS) is 18.8. The number of hydrogen-bond donors (Lipinski definition) is 2. The second-order valence-electron chi connectivity index (χ2n) is 11.9. The monoisotopic (exact) mass is 553 g/mol. The maximum absolute atomic E-state index is 13.9. The molecular formula is C34H40FN5O. The van der Waals surface area contributed by atoms with E-state index in [1.165, 1.54) is 56.4 Å². The van der Waals surface area contributed by atoms with Crippen molar-refractivity contribution in [3.05, 3.63) is 83.1 Å². The summed E-state index contributed by atoms with van der Waals surface area (Å²) < 4.78 is 13.9. The van der Waals surface area contributed by atoms with Crippen LogP contribution in [0.3, 0.4) is 0 Å². The van der Waals surface area contributed by atoms with Crippen molar-refractivity contribution in [1.29, 1.82) is 0 Å². The van der Waals surface area contributed by atoms with Crippen LogP contribution >= 0.6 is 0 Å². The summed E-state index contributed by atoms with van der Waals surface area (Å²) in [5.74, 6) is 2.08. The molecule has 7 heteroatoms. The Morgan fingerprint density at radius 1 is 1.00 bits per heavy atom. The van der Waals surface area contributed by atoms with E-state index in [2.05, 4.69) is 22.5 Å². The first-order chi connectivity index (χ1) is 20.0. The van der Waals surface area contributed by atoms with Crippen molar-refractivity contribution < 1.29 is 9.18 Å². The lowest BCUT2D eigenvalue weighted by atomic mass is 9.83. The number of amides is 1. The molecule has 2 saturated carbocycles. The third-order valence-corrected chi connectivity index (χ3v) is 9.08. The molecule has 2 heterocycles. The van der Waals surface area contributed by atoms with Crippen LogP contribution in [0.4, 0.5) is 15.9 Å². The van der Waals surface area contributed by atoms with E-state index in [1.807, 2.05) is 36.4 Å². The molecule has 1 saturated heterocycles. The Morgan fingerprint density at radius 2 is 1.83 bits per heavy atom. The van der Waals surface area contributed by atoms with Crippen LogP contribution in [0.2, 0.25) is 0 Å². The first-order valence-corrected chi connectivity index (χ1v) is 15.3. The van der Waals surface area contributed by atoms with Gasteiger partial charge in [-0.25, -0.2) is 14.4 Å². The molecule has 6 rings (SSSR count). The van der Waals surface area contributed by atoms with Crippen LogP contribution in [0.25, 0.3) is 11.3 Å². The Labute approximate surface area is 242 Å². The summed E-state index contributed by atoms with van der Waals surface area (Å²) in [5, 5.41) is 6.36. The molecule has 41 heavy (non-hydrogen) atoms. The molecule has 3 aromatic rings. The molecule has 214 valence electrons. The van der Waals surface area contributed by atoms with E-state index >= 15 is 0 Å². The quantitative estimate of drug-likeness (QED) is 0.286. The standard InChI is InChI=1S/C34H40FN5O/c1-23(25-8-3-9-25)40-19-5-10-28(22-40)33-38-31(21-32(39-33)37-30-12-4-11-29(35)20-30)26-13-15-27(16-14-26)34(41)36-18-17-24-6-2-7-24/h4,11-16,20-21,24,28H,2-3,5-10,17-19,22H2,1H3,(H,36,41)(H,37,38,39). The number of aromatic nitrogens is 2. The first kappa shape index (κ1) is 27.4. The van der Waals surface area contributed by atoms with E-state index in [0.29, 0.717) is 17.1 Å². The Bertz CT molecular complexity index is 1410. The molecule has 2 aliphatic carbocycles. The van der Waals surface area contributed by atoms with Crippen LogP contribution in [0, 0.1) is 11.7 Å². The molecule has 1 aromatic heterocycles. The number of hydrogen-bond acceptors (Lipinski definition) is 5. The van der Waals surface area contributed by atoms with E-state index in [1.54, 1.807) is 11.6 Å². The SMILES string of the molecule is CC(=C1CCC1)N1CCCC(c2nc(Nc3cccc(F)c3)cc(-c3ccc(C(=O)NCCC4CCC4)cc3)n2)C1. The first-order valence-electron chi connectivity index (χ1n) is 15.3. The molecule has 2 aromatic carbocycles. The highest BCUT2D eigenvalue weighted by Gasteiger charge is 2.27. The summed E-state index contributed by atoms with van der Waals surface area (Å²) in [6.45, 7) is 4.96. The number of nitrogens with zero attached hydrogens (tertiary/aromatic N) is 3. The number of allylic oxidation sites excluding steroid dienone is 2. The predicted molar refractivity (Wildman–Crippen MR) is 162 cm³/mol. The van der Waals surface area contributed by atoms with E-state index in [4.69, 9.17) is 9.97 Å². The fourth-order valence-corrected chi connectivity index (χ4v) is 6.07. The number of piperidine rings is 1. The van der Waals surface area contributed by atoms with Crippen LogP contribution < -0.4 is 10.6 Å². The average Bonchev–Trinajstić information content (AvgIpc) is 2.93. The maximum Gasteiger partial charge on any atom is 0.251 e. The van der Waals surface area contributed by atoms with Crippen LogP contribution in [0.5, 0.6) is 0 Å². The lowest BCUT2D eigenvalue weighted by molar-refractivity contribution is 0.0949. The highest BCUT2D eigenvalue weighted by molar-refractivity contribution is 5.94. The Hall–Kier alpha value is -3.74. The summed E-state index contributed by atoms with van der Waals surface area (Å²) in [4.78, 5) is 25.2. The van der Waals surface area contributed by atoms with Crippen LogP contribution in [0.1, 0.15) is 86.8 Å². The lowest BCUT2D eigenvalue weighted by Gasteiger charge is -2.37. The van der Waals surface area contributed by atoms with Gasteiger partial charge in [-0.15, -0.1) is 0 Å². The molecule has 0 radical (unpaired) electrons. The van der Waals surface area contributed by atoms with Gasteiger partial charge in [0.25, 0.3) is 5.91 Å². The second kappa shape index (κ2) is 12.4. The summed E-state index contributed by atoms with van der Waals surface area (Å²) in [5.41, 5.74) is 6.01. The Morgan fingerprint density at radius 3 is 2.54 bits per heavy atom. The van der Waals surface area contributed by atoms with Gasteiger partial charge in [-0.05, 0) is 81.7 Å². The fraction of sp³-hybridized carbons (Fsp3) is 0.441. The lowest BCUT2D eigenvalue weighted by Crippen LogP contribution is -2.35. The fourth-order valence-electron chi connectivity index (χ4n) is 6.07. The number of carbonyl (C=O) groups excluding carboxylic acids is 1. The summed E-state index contributed by atoms with van der Waals surface area (Å²) in [6.07, 6.45) is 10.8. The molecule has 2 N–H and O–H groups in total. The number of likely N-dealkylation sites (tertiary alicyclic amines) is 1. The zero-order valence-electron chi connectivity index (χ0n) is 24.0. The molecule has 1 atom stereocenters. The van der Waals surface area contributed by atoms with Crippen molar-refractivity contribution in [3.63, 3.8) is 0 Å². The van der Waals surface area contributed by atoms with Gasteiger partial charge in [0.15, 0.2) is 0 Å². The van der Waals surface area contributed by atoms with E-state index in [0.717, 1.165) is 61.9 Å². The van der Waals surface area contributed by atoms with Gasteiger partial charge in [-0.2, -0.15) is 0 Å². The van der Waals surface area contributed by atoms with Gasteiger partial charge in [0.2, 0.25) is 0 Å². The smallest absolute Gasteiger partial charge is 0.251 e. The van der Waals surface area contributed by atoms with Gasteiger partial charge in [-0.3, -0.25) is 4.79 Å². The summed E-state index contributed by atoms with van der Waals surface area (Å²) in [6, 6.07) is 16.0. The van der Waals surface area contributed by atoms with Gasteiger partial charge in [-0.1, -0.05) is 43.0 Å². The Kier molecular flexibility index (Phi) is 8.31. The van der Waals surface area contributed by atoms with Crippen LogP contribution in [0.15, 0.2) is 65.9 Å². The van der Waals surface area contributed by atoms with Crippen molar-refractivity contribution in [1.82, 2.24) is 20.2 Å². The van der Waals surface area contributed by atoms with Crippen molar-refractivity contribution in [2.24, 2.45) is 5.92 Å². The minimum atomic E-state index is -0.298. The zero-order chi connectivity index (χ0) is 28.2. The molecule has 3 aliphatic rings. The van der Waals surface area contributed by atoms with Crippen molar-refractivity contribution in [3.8, 4) is 11.3 Å². The minimum Gasteiger partial charge on any atom is -0.374 e. The van der Waals surface area contributed by atoms with Gasteiger partial charge < -0.3 is 15.5 Å². The van der Waals surface area contributed by atoms with E-state index in [9.17, 15) is 9.18 Å². The van der Waals surface area contributed by atoms with Gasteiger partial charge in [0, 0.05) is 54.1 Å². The number of carbonyl (C=O) groups is 1. The predicted octanol–water partition coefficient (Wildman–Crippen LogP) is 7.58. The topological polar surface area (TPSA) is 70.2 Å². The van der Waals surface area contributed by atoms with Gasteiger partial charge in [0.05, 0.1) is 5.69 Å². The maximum atomic E-state index is 13.9. The number of benzene rings is 2. The number of anilines is 2. The molecule has 0 bridgehead atoms. The zero-order valence-corrected chi connectivity index (χ0v) is 24.0. The highest BCUT2D eigenvalue weighted by Crippen LogP contribution is 2.35. The number of rotatable bonds is 9. The number of nitrogens with one attached hydrogen (secondary N) is 2. The highest BCUT2D eigenvalue weighted by atomic mass is 19.1. The van der Waals surface area contributed by atoms with Crippen LogP contribution in [-0.2, 0) is 0 Å². The van der Waals surface area contributed by atoms with Crippen LogP contribution in [-0.4, -0.2) is 40.4 Å².